The Morgan fingerprint density at radius 1 is 0.387 bits per heavy atom. The number of hydrogen-bond donors (Lipinski definition) is 4. The molecular weight excluding hydrogens is 957 g/mol. The Bertz CT molecular complexity index is 1770. The van der Waals surface area contributed by atoms with Crippen molar-refractivity contribution in [3.8, 4) is 0 Å². The van der Waals surface area contributed by atoms with Crippen LogP contribution < -0.4 is 21.3 Å². The smallest absolute Gasteiger partial charge is 0.317 e. The summed E-state index contributed by atoms with van der Waals surface area (Å²) in [5.41, 5.74) is 0.715. The summed E-state index contributed by atoms with van der Waals surface area (Å²) in [6, 6.07) is 0.167. The van der Waals surface area contributed by atoms with Crippen LogP contribution in [0.15, 0.2) is 0 Å². The van der Waals surface area contributed by atoms with Gasteiger partial charge < -0.3 is 40.9 Å². The number of rotatable bonds is 12. The molecule has 4 aliphatic heterocycles. The summed E-state index contributed by atoms with van der Waals surface area (Å²) >= 11 is 0. The van der Waals surface area contributed by atoms with Crippen molar-refractivity contribution in [2.24, 2.45) is 0 Å². The molecule has 0 aromatic rings. The highest BCUT2D eigenvalue weighted by atomic mass is 16.2. The molecule has 0 aliphatic carbocycles. The van der Waals surface area contributed by atoms with E-state index in [0.29, 0.717) is 32.0 Å². The molecule has 0 atom stereocenters. The van der Waals surface area contributed by atoms with Crippen LogP contribution in [0.2, 0.25) is 0 Å². The van der Waals surface area contributed by atoms with Crippen molar-refractivity contribution < 1.29 is 38.4 Å². The van der Waals surface area contributed by atoms with Gasteiger partial charge in [-0.1, -0.05) is 7.43 Å². The fourth-order valence-electron chi connectivity index (χ4n) is 8.90. The molecule has 20 nitrogen and oxygen atoms in total. The highest BCUT2D eigenvalue weighted by Gasteiger charge is 2.33. The molecule has 0 bridgehead atoms. The molecule has 436 valence electrons. The molecule has 4 heterocycles. The second-order valence-corrected chi connectivity index (χ2v) is 24.4. The number of amides is 8. The van der Waals surface area contributed by atoms with E-state index >= 15 is 0 Å². The minimum atomic E-state index is -0.149. The van der Waals surface area contributed by atoms with Crippen molar-refractivity contribution in [3.05, 3.63) is 0 Å². The minimum absolute atomic E-state index is 0. The van der Waals surface area contributed by atoms with Crippen molar-refractivity contribution in [1.29, 1.82) is 0 Å². The molecule has 0 aromatic heterocycles. The second kappa shape index (κ2) is 33.0. The molecule has 0 aromatic carbocycles. The van der Waals surface area contributed by atoms with Crippen molar-refractivity contribution in [2.75, 3.05) is 119 Å². The van der Waals surface area contributed by atoms with Gasteiger partial charge in [0.05, 0.1) is 13.1 Å². The van der Waals surface area contributed by atoms with E-state index in [1.165, 1.54) is 27.7 Å². The maximum atomic E-state index is 12.0. The van der Waals surface area contributed by atoms with E-state index in [1.54, 1.807) is 14.7 Å². The molecule has 0 radical (unpaired) electrons. The van der Waals surface area contributed by atoms with Crippen LogP contribution in [0.5, 0.6) is 0 Å². The van der Waals surface area contributed by atoms with Gasteiger partial charge in [0, 0.05) is 153 Å². The zero-order chi connectivity index (χ0) is 56.8. The predicted molar refractivity (Wildman–Crippen MR) is 302 cm³/mol. The first kappa shape index (κ1) is 70.6. The Kier molecular flexibility index (Phi) is 31.1. The quantitative estimate of drug-likeness (QED) is 0.184. The Balaban J connectivity index is 0.000000971. The van der Waals surface area contributed by atoms with Gasteiger partial charge in [0.2, 0.25) is 0 Å². The Morgan fingerprint density at radius 3 is 0.947 bits per heavy atom. The number of Topliss-reactive ketones (excluding diaryl/α,β-unsaturated/α-hetero) is 4. The summed E-state index contributed by atoms with van der Waals surface area (Å²) in [6.07, 6.45) is 4.81. The third-order valence-corrected chi connectivity index (χ3v) is 14.1. The molecule has 4 saturated heterocycles. The van der Waals surface area contributed by atoms with Crippen molar-refractivity contribution in [3.63, 3.8) is 0 Å². The normalized spacial score (nSPS) is 17.7. The van der Waals surface area contributed by atoms with E-state index in [-0.39, 0.29) is 96.0 Å². The van der Waals surface area contributed by atoms with Gasteiger partial charge in [0.15, 0.2) is 0 Å². The number of carbonyl (C=O) groups is 8. The fourth-order valence-corrected chi connectivity index (χ4v) is 8.90. The van der Waals surface area contributed by atoms with Gasteiger partial charge in [-0.3, -0.25) is 38.8 Å². The lowest BCUT2D eigenvalue weighted by Gasteiger charge is -2.43. The first-order valence-electron chi connectivity index (χ1n) is 27.1. The maximum Gasteiger partial charge on any atom is 0.317 e. The number of piperazine rings is 2. The lowest BCUT2D eigenvalue weighted by molar-refractivity contribution is -0.117. The van der Waals surface area contributed by atoms with Gasteiger partial charge in [-0.2, -0.15) is 0 Å². The lowest BCUT2D eigenvalue weighted by Crippen LogP contribution is -2.56. The van der Waals surface area contributed by atoms with Crippen molar-refractivity contribution in [2.45, 2.75) is 191 Å². The van der Waals surface area contributed by atoms with Crippen LogP contribution in [0.25, 0.3) is 0 Å². The third-order valence-electron chi connectivity index (χ3n) is 14.1. The van der Waals surface area contributed by atoms with E-state index in [4.69, 9.17) is 0 Å². The average molecular weight is 1070 g/mol. The van der Waals surface area contributed by atoms with E-state index in [1.807, 2.05) is 19.0 Å². The molecule has 4 N–H and O–H groups in total. The molecule has 4 rings (SSSR count). The second-order valence-electron chi connectivity index (χ2n) is 24.4. The van der Waals surface area contributed by atoms with E-state index in [9.17, 15) is 38.4 Å². The number of hydrogen-bond acceptors (Lipinski definition) is 12. The molecule has 4 aliphatic rings. The number of urea groups is 4. The van der Waals surface area contributed by atoms with Crippen LogP contribution in [0, 0.1) is 0 Å². The predicted octanol–water partition coefficient (Wildman–Crippen LogP) is 5.78. The van der Waals surface area contributed by atoms with Gasteiger partial charge in [-0.05, 0) is 136 Å². The van der Waals surface area contributed by atoms with Crippen LogP contribution in [0.3, 0.4) is 0 Å². The maximum absolute atomic E-state index is 12.0. The molecule has 0 saturated carbocycles. The Morgan fingerprint density at radius 2 is 0.653 bits per heavy atom. The van der Waals surface area contributed by atoms with Gasteiger partial charge in [-0.15, -0.1) is 0 Å². The van der Waals surface area contributed by atoms with E-state index in [0.717, 1.165) is 104 Å². The van der Waals surface area contributed by atoms with Crippen LogP contribution in [0.1, 0.15) is 157 Å². The van der Waals surface area contributed by atoms with Crippen molar-refractivity contribution in [1.82, 2.24) is 60.5 Å². The highest BCUT2D eigenvalue weighted by Crippen LogP contribution is 2.24. The number of nitrogens with zero attached hydrogens (tertiary/aromatic N) is 8. The average Bonchev–Trinajstić information content (AvgIpc) is 3.31. The van der Waals surface area contributed by atoms with Crippen LogP contribution in [0.4, 0.5) is 19.2 Å². The van der Waals surface area contributed by atoms with Crippen molar-refractivity contribution >= 4 is 47.3 Å². The first-order chi connectivity index (χ1) is 34.0. The lowest BCUT2D eigenvalue weighted by atomic mass is 9.97. The summed E-state index contributed by atoms with van der Waals surface area (Å²) in [5.74, 6) is 0.162. The molecule has 4 fully saturated rings. The summed E-state index contributed by atoms with van der Waals surface area (Å²) < 4.78 is 0. The number of piperidine rings is 2. The molecule has 0 unspecified atom stereocenters. The highest BCUT2D eigenvalue weighted by molar-refractivity contribution is 5.84. The third kappa shape index (κ3) is 28.5. The minimum Gasteiger partial charge on any atom is -0.338 e. The zero-order valence-electron chi connectivity index (χ0n) is 49.6. The molecule has 75 heavy (non-hydrogen) atoms. The molecule has 0 spiro atoms. The zero-order valence-corrected chi connectivity index (χ0v) is 49.6. The monoisotopic (exact) mass is 1060 g/mol. The van der Waals surface area contributed by atoms with Crippen LogP contribution in [-0.2, 0) is 19.2 Å². The van der Waals surface area contributed by atoms with Gasteiger partial charge in [-0.25, -0.2) is 19.2 Å². The summed E-state index contributed by atoms with van der Waals surface area (Å²) in [7, 11) is 3.66. The summed E-state index contributed by atoms with van der Waals surface area (Å²) in [6.45, 7) is 44.2. The number of ketones is 4. The SMILES string of the molecule is C.CC(=O)CCNC(=O)N(C)C1CCN(C(C)(C)C)CC1.CC(=O)CCNC(=O)N1CCN(C(C)(C)C)CC1.CC(=O)CNC(=O)N(C)C1CCN(C(C)(C)C)CC1.CC(=O)CNC(=O)N1CCN(C(C)(C)C)CC1. The molecular formula is C55H108N12O8. The fraction of sp³-hybridized carbons (Fsp3) is 0.855. The van der Waals surface area contributed by atoms with E-state index in [2.05, 4.69) is 124 Å². The number of likely N-dealkylation sites (tertiary alicyclic amines) is 2. The standard InChI is InChI=1S/C15H29N3O2.C14H27N3O2.C13H25N3O2.C12H23N3O2.CH4/c1-12(19)6-9-16-14(20)17(5)13-7-10-18(11-8-13)15(2,3)4;1-11(18)10-15-13(19)16(5)12-6-8-17(9-7-12)14(2,3)4;1-11(17)5-6-14-12(18)15-7-9-16(10-8-15)13(2,3)4;1-10(16)9-13-11(17)14-5-7-15(8-6-14)12(2,3)4;/h13H,6-11H2,1-5H3,(H,16,20);12H,6-10H2,1-5H3,(H,15,19);5-10H2,1-4H3,(H,14,18);5-9H2,1-4H3,(H,13,17);1H4. The topological polar surface area (TPSA) is 211 Å². The largest absolute Gasteiger partial charge is 0.338 e. The summed E-state index contributed by atoms with van der Waals surface area (Å²) in [4.78, 5) is 107. The molecule has 8 amide bonds. The van der Waals surface area contributed by atoms with E-state index < -0.39 is 0 Å². The first-order valence-corrected chi connectivity index (χ1v) is 27.1. The Hall–Kier alpha value is -4.40. The molecule has 20 heteroatoms. The van der Waals surface area contributed by atoms with Gasteiger partial charge in [0.1, 0.15) is 23.1 Å². The van der Waals surface area contributed by atoms with Crippen LogP contribution in [-0.4, -0.2) is 240 Å². The Labute approximate surface area is 454 Å². The van der Waals surface area contributed by atoms with Gasteiger partial charge in [0.25, 0.3) is 0 Å². The number of nitrogens with one attached hydrogen (secondary N) is 4. The van der Waals surface area contributed by atoms with Crippen LogP contribution >= 0.6 is 0 Å². The van der Waals surface area contributed by atoms with Gasteiger partial charge >= 0.3 is 24.1 Å². The summed E-state index contributed by atoms with van der Waals surface area (Å²) in [5, 5.41) is 10.9. The number of carbonyl (C=O) groups excluding carboxylic acids is 8.